The van der Waals surface area contributed by atoms with Gasteiger partial charge in [0.25, 0.3) is 0 Å². The van der Waals surface area contributed by atoms with Gasteiger partial charge in [0.2, 0.25) is 5.89 Å². The lowest BCUT2D eigenvalue weighted by molar-refractivity contribution is 0.378. The second-order valence-electron chi connectivity index (χ2n) is 3.77. The molecular weight excluding hydrogens is 282 g/mol. The maximum Gasteiger partial charge on any atom is 0.245 e. The minimum atomic E-state index is 0.551. The first-order chi connectivity index (χ1) is 8.19. The SMILES string of the molecule is CCc1noc(CNc2ccc(Br)cc2C)n1. The Morgan fingerprint density at radius 1 is 1.41 bits per heavy atom. The van der Waals surface area contributed by atoms with E-state index in [1.54, 1.807) is 0 Å². The molecule has 1 aromatic carbocycles. The Balaban J connectivity index is 2.02. The maximum atomic E-state index is 5.11. The van der Waals surface area contributed by atoms with E-state index in [0.29, 0.717) is 12.4 Å². The molecule has 0 spiro atoms. The van der Waals surface area contributed by atoms with Crippen LogP contribution in [0.25, 0.3) is 0 Å². The Kier molecular flexibility index (Phi) is 3.78. The van der Waals surface area contributed by atoms with E-state index in [1.165, 1.54) is 5.56 Å². The van der Waals surface area contributed by atoms with Gasteiger partial charge >= 0.3 is 0 Å². The van der Waals surface area contributed by atoms with Gasteiger partial charge in [-0.2, -0.15) is 4.98 Å². The highest BCUT2D eigenvalue weighted by atomic mass is 79.9. The van der Waals surface area contributed by atoms with Crippen LogP contribution in [-0.4, -0.2) is 10.1 Å². The summed E-state index contributed by atoms with van der Waals surface area (Å²) in [6, 6.07) is 6.09. The van der Waals surface area contributed by atoms with Gasteiger partial charge in [0.15, 0.2) is 5.82 Å². The van der Waals surface area contributed by atoms with Crippen molar-refractivity contribution in [1.82, 2.24) is 10.1 Å². The molecule has 0 fully saturated rings. The van der Waals surface area contributed by atoms with Crippen molar-refractivity contribution in [3.8, 4) is 0 Å². The van der Waals surface area contributed by atoms with Crippen LogP contribution in [0.3, 0.4) is 0 Å². The lowest BCUT2D eigenvalue weighted by atomic mass is 10.2. The van der Waals surface area contributed by atoms with Crippen LogP contribution in [0.1, 0.15) is 24.2 Å². The van der Waals surface area contributed by atoms with Gasteiger partial charge in [-0.15, -0.1) is 0 Å². The van der Waals surface area contributed by atoms with Crippen molar-refractivity contribution >= 4 is 21.6 Å². The molecule has 0 unspecified atom stereocenters. The Bertz CT molecular complexity index is 510. The molecule has 0 atom stereocenters. The molecule has 2 aromatic rings. The van der Waals surface area contributed by atoms with Gasteiger partial charge in [0.05, 0.1) is 6.54 Å². The average Bonchev–Trinajstić information content (AvgIpc) is 2.76. The van der Waals surface area contributed by atoms with Crippen molar-refractivity contribution in [2.75, 3.05) is 5.32 Å². The zero-order valence-corrected chi connectivity index (χ0v) is 11.4. The Hall–Kier alpha value is -1.36. The smallest absolute Gasteiger partial charge is 0.245 e. The second kappa shape index (κ2) is 5.31. The predicted octanol–water partition coefficient (Wildman–Crippen LogP) is 3.32. The molecular formula is C12H14BrN3O. The van der Waals surface area contributed by atoms with Gasteiger partial charge in [0.1, 0.15) is 0 Å². The molecule has 2 rings (SSSR count). The molecule has 4 nitrogen and oxygen atoms in total. The summed E-state index contributed by atoms with van der Waals surface area (Å²) in [5, 5.41) is 7.13. The van der Waals surface area contributed by atoms with E-state index in [2.05, 4.69) is 44.4 Å². The van der Waals surface area contributed by atoms with Crippen LogP contribution in [-0.2, 0) is 13.0 Å². The zero-order chi connectivity index (χ0) is 12.3. The average molecular weight is 296 g/mol. The van der Waals surface area contributed by atoms with Gasteiger partial charge < -0.3 is 9.84 Å². The third-order valence-electron chi connectivity index (χ3n) is 2.44. The molecule has 0 aliphatic carbocycles. The molecule has 0 bridgehead atoms. The minimum absolute atomic E-state index is 0.551. The third-order valence-corrected chi connectivity index (χ3v) is 2.94. The number of halogens is 1. The summed E-state index contributed by atoms with van der Waals surface area (Å²) in [5.74, 6) is 1.36. The van der Waals surface area contributed by atoms with Crippen LogP contribution in [0.2, 0.25) is 0 Å². The Morgan fingerprint density at radius 2 is 2.24 bits per heavy atom. The first kappa shape index (κ1) is 12.1. The molecule has 0 aliphatic heterocycles. The van der Waals surface area contributed by atoms with Gasteiger partial charge in [-0.1, -0.05) is 28.0 Å². The molecule has 0 saturated heterocycles. The van der Waals surface area contributed by atoms with Crippen molar-refractivity contribution in [3.63, 3.8) is 0 Å². The molecule has 0 amide bonds. The fourth-order valence-corrected chi connectivity index (χ4v) is 1.98. The summed E-state index contributed by atoms with van der Waals surface area (Å²) >= 11 is 3.44. The number of benzene rings is 1. The highest BCUT2D eigenvalue weighted by molar-refractivity contribution is 9.10. The minimum Gasteiger partial charge on any atom is -0.376 e. The van der Waals surface area contributed by atoms with Crippen molar-refractivity contribution in [2.24, 2.45) is 0 Å². The van der Waals surface area contributed by atoms with Gasteiger partial charge in [0, 0.05) is 16.6 Å². The third kappa shape index (κ3) is 3.06. The first-order valence-corrected chi connectivity index (χ1v) is 6.30. The largest absolute Gasteiger partial charge is 0.376 e. The number of rotatable bonds is 4. The van der Waals surface area contributed by atoms with Crippen LogP contribution in [0.5, 0.6) is 0 Å². The summed E-state index contributed by atoms with van der Waals surface area (Å²) < 4.78 is 6.18. The van der Waals surface area contributed by atoms with Crippen LogP contribution in [0.15, 0.2) is 27.2 Å². The quantitative estimate of drug-likeness (QED) is 0.940. The molecule has 0 radical (unpaired) electrons. The number of hydrogen-bond donors (Lipinski definition) is 1. The van der Waals surface area contributed by atoms with Crippen LogP contribution in [0, 0.1) is 6.92 Å². The summed E-state index contributed by atoms with van der Waals surface area (Å²) in [5.41, 5.74) is 2.25. The number of anilines is 1. The number of nitrogens with zero attached hydrogens (tertiary/aromatic N) is 2. The van der Waals surface area contributed by atoms with E-state index in [4.69, 9.17) is 4.52 Å². The van der Waals surface area contributed by atoms with Gasteiger partial charge in [-0.25, -0.2) is 0 Å². The summed E-state index contributed by atoms with van der Waals surface area (Å²) in [7, 11) is 0. The summed E-state index contributed by atoms with van der Waals surface area (Å²) in [6.07, 6.45) is 0.792. The summed E-state index contributed by atoms with van der Waals surface area (Å²) in [6.45, 7) is 4.61. The molecule has 90 valence electrons. The number of hydrogen-bond acceptors (Lipinski definition) is 4. The molecule has 1 aromatic heterocycles. The van der Waals surface area contributed by atoms with E-state index < -0.39 is 0 Å². The van der Waals surface area contributed by atoms with Crippen LogP contribution >= 0.6 is 15.9 Å². The van der Waals surface area contributed by atoms with E-state index >= 15 is 0 Å². The number of aromatic nitrogens is 2. The topological polar surface area (TPSA) is 51.0 Å². The normalized spacial score (nSPS) is 10.5. The zero-order valence-electron chi connectivity index (χ0n) is 9.83. The highest BCUT2D eigenvalue weighted by Gasteiger charge is 2.05. The van der Waals surface area contributed by atoms with Crippen LogP contribution in [0.4, 0.5) is 5.69 Å². The van der Waals surface area contributed by atoms with Crippen molar-refractivity contribution < 1.29 is 4.52 Å². The fraction of sp³-hybridized carbons (Fsp3) is 0.333. The van der Waals surface area contributed by atoms with Gasteiger partial charge in [-0.3, -0.25) is 0 Å². The summed E-state index contributed by atoms with van der Waals surface area (Å²) in [4.78, 5) is 4.24. The molecule has 0 aliphatic rings. The lowest BCUT2D eigenvalue weighted by Gasteiger charge is -2.07. The standard InChI is InChI=1S/C12H14BrN3O/c1-3-11-15-12(17-16-11)7-14-10-5-4-9(13)6-8(10)2/h4-6,14H,3,7H2,1-2H3. The van der Waals surface area contributed by atoms with Crippen molar-refractivity contribution in [3.05, 3.63) is 40.0 Å². The molecule has 1 N–H and O–H groups in total. The molecule has 0 saturated carbocycles. The Morgan fingerprint density at radius 3 is 2.88 bits per heavy atom. The van der Waals surface area contributed by atoms with Gasteiger partial charge in [-0.05, 0) is 30.7 Å². The van der Waals surface area contributed by atoms with E-state index in [-0.39, 0.29) is 0 Å². The molecule has 17 heavy (non-hydrogen) atoms. The fourth-order valence-electron chi connectivity index (χ4n) is 1.50. The molecule has 5 heteroatoms. The van der Waals surface area contributed by atoms with E-state index in [1.807, 2.05) is 19.1 Å². The monoisotopic (exact) mass is 295 g/mol. The number of aryl methyl sites for hydroxylation is 2. The highest BCUT2D eigenvalue weighted by Crippen LogP contribution is 2.20. The predicted molar refractivity (Wildman–Crippen MR) is 69.9 cm³/mol. The van der Waals surface area contributed by atoms with E-state index in [9.17, 15) is 0 Å². The molecule has 1 heterocycles. The van der Waals surface area contributed by atoms with Crippen LogP contribution < -0.4 is 5.32 Å². The number of nitrogens with one attached hydrogen (secondary N) is 1. The van der Waals surface area contributed by atoms with Crippen molar-refractivity contribution in [2.45, 2.75) is 26.8 Å². The first-order valence-electron chi connectivity index (χ1n) is 5.50. The lowest BCUT2D eigenvalue weighted by Crippen LogP contribution is -2.01. The van der Waals surface area contributed by atoms with Crippen molar-refractivity contribution in [1.29, 1.82) is 0 Å². The second-order valence-corrected chi connectivity index (χ2v) is 4.69. The van der Waals surface area contributed by atoms with E-state index in [0.717, 1.165) is 22.4 Å². The Labute approximate surface area is 109 Å². The maximum absolute atomic E-state index is 5.11.